The van der Waals surface area contributed by atoms with Crippen LogP contribution in [0.4, 0.5) is 5.69 Å². The van der Waals surface area contributed by atoms with Crippen LogP contribution >= 0.6 is 12.2 Å². The minimum absolute atomic E-state index is 0.00717. The van der Waals surface area contributed by atoms with Gasteiger partial charge in [0.15, 0.2) is 12.4 Å². The van der Waals surface area contributed by atoms with Crippen LogP contribution in [-0.2, 0) is 14.3 Å². The molecule has 96 valence electrons. The van der Waals surface area contributed by atoms with E-state index in [1.54, 1.807) is 18.2 Å². The van der Waals surface area contributed by atoms with Gasteiger partial charge in [-0.2, -0.15) is 0 Å². The molecule has 0 unspecified atom stereocenters. The zero-order valence-electron chi connectivity index (χ0n) is 9.56. The Bertz CT molecular complexity index is 639. The van der Waals surface area contributed by atoms with Crippen molar-refractivity contribution in [3.8, 4) is 5.75 Å². The molecule has 2 aliphatic heterocycles. The van der Waals surface area contributed by atoms with Crippen molar-refractivity contribution in [2.75, 3.05) is 11.9 Å². The number of fused-ring (bicyclic) bond motifs is 1. The number of nitrogens with one attached hydrogen (secondary N) is 2. The minimum Gasteiger partial charge on any atom is -0.482 e. The van der Waals surface area contributed by atoms with Crippen LogP contribution < -0.4 is 15.4 Å². The van der Waals surface area contributed by atoms with Crippen molar-refractivity contribution in [1.82, 2.24) is 5.32 Å². The predicted molar refractivity (Wildman–Crippen MR) is 70.4 cm³/mol. The Morgan fingerprint density at radius 1 is 1.26 bits per heavy atom. The van der Waals surface area contributed by atoms with Crippen LogP contribution in [0, 0.1) is 0 Å². The molecule has 0 aromatic heterocycles. The van der Waals surface area contributed by atoms with Crippen molar-refractivity contribution in [3.05, 3.63) is 29.5 Å². The summed E-state index contributed by atoms with van der Waals surface area (Å²) >= 11 is 4.73. The highest BCUT2D eigenvalue weighted by molar-refractivity contribution is 7.80. The lowest BCUT2D eigenvalue weighted by atomic mass is 10.1. The van der Waals surface area contributed by atoms with E-state index in [1.807, 2.05) is 0 Å². The number of thiocarbonyl (C=S) groups is 1. The highest BCUT2D eigenvalue weighted by Gasteiger charge is 2.23. The largest absolute Gasteiger partial charge is 0.482 e. The summed E-state index contributed by atoms with van der Waals surface area (Å²) in [5, 5.41) is 5.08. The fourth-order valence-electron chi connectivity index (χ4n) is 1.76. The first-order valence-electron chi connectivity index (χ1n) is 5.43. The Balaban J connectivity index is 1.92. The van der Waals surface area contributed by atoms with Crippen molar-refractivity contribution in [1.29, 1.82) is 0 Å². The van der Waals surface area contributed by atoms with Gasteiger partial charge in [0.05, 0.1) is 5.69 Å². The van der Waals surface area contributed by atoms with E-state index in [0.717, 1.165) is 0 Å². The van der Waals surface area contributed by atoms with E-state index in [4.69, 9.17) is 21.7 Å². The molecule has 0 saturated carbocycles. The Kier molecular flexibility index (Phi) is 2.68. The van der Waals surface area contributed by atoms with Crippen molar-refractivity contribution in [2.24, 2.45) is 0 Å². The van der Waals surface area contributed by atoms with Crippen LogP contribution in [0.15, 0.2) is 24.0 Å². The molecule has 2 N–H and O–H groups in total. The summed E-state index contributed by atoms with van der Waals surface area (Å²) in [6.45, 7) is 0.00717. The molecule has 0 atom stereocenters. The SMILES string of the molecule is O=C1COc2ccc(C=C3OC(=S)NC3=O)cc2N1. The van der Waals surface area contributed by atoms with Gasteiger partial charge < -0.3 is 14.8 Å². The van der Waals surface area contributed by atoms with Gasteiger partial charge in [0.1, 0.15) is 5.75 Å². The number of anilines is 1. The molecule has 2 aliphatic rings. The van der Waals surface area contributed by atoms with Crippen LogP contribution in [0.3, 0.4) is 0 Å². The van der Waals surface area contributed by atoms with E-state index in [2.05, 4.69) is 10.6 Å². The van der Waals surface area contributed by atoms with E-state index in [-0.39, 0.29) is 29.4 Å². The minimum atomic E-state index is -0.386. The Hall–Kier alpha value is -2.41. The van der Waals surface area contributed by atoms with Gasteiger partial charge >= 0.3 is 0 Å². The Morgan fingerprint density at radius 3 is 2.84 bits per heavy atom. The summed E-state index contributed by atoms with van der Waals surface area (Å²) in [6, 6.07) is 5.16. The molecule has 6 nitrogen and oxygen atoms in total. The van der Waals surface area contributed by atoms with Crippen LogP contribution in [0.2, 0.25) is 0 Å². The van der Waals surface area contributed by atoms with Crippen molar-refractivity contribution < 1.29 is 19.1 Å². The van der Waals surface area contributed by atoms with Crippen LogP contribution in [0.1, 0.15) is 5.56 Å². The first kappa shape index (κ1) is 11.7. The average molecular weight is 276 g/mol. The first-order chi connectivity index (χ1) is 9.11. The molecular formula is C12H8N2O4S. The third-order valence-corrected chi connectivity index (χ3v) is 2.76. The molecule has 0 spiro atoms. The molecular weight excluding hydrogens is 268 g/mol. The summed E-state index contributed by atoms with van der Waals surface area (Å²) in [7, 11) is 0. The maximum Gasteiger partial charge on any atom is 0.294 e. The van der Waals surface area contributed by atoms with Gasteiger partial charge in [-0.1, -0.05) is 6.07 Å². The van der Waals surface area contributed by atoms with Gasteiger partial charge in [0, 0.05) is 0 Å². The van der Waals surface area contributed by atoms with Crippen LogP contribution in [-0.4, -0.2) is 23.6 Å². The summed E-state index contributed by atoms with van der Waals surface area (Å²) in [6.07, 6.45) is 1.54. The fraction of sp³-hybridized carbons (Fsp3) is 0.0833. The smallest absolute Gasteiger partial charge is 0.294 e. The van der Waals surface area contributed by atoms with Crippen molar-refractivity contribution >= 4 is 41.0 Å². The normalized spacial score (nSPS) is 19.4. The Labute approximate surface area is 113 Å². The lowest BCUT2D eigenvalue weighted by Crippen LogP contribution is -2.25. The second-order valence-electron chi connectivity index (χ2n) is 3.94. The number of carbonyl (C=O) groups excluding carboxylic acids is 2. The van der Waals surface area contributed by atoms with Crippen molar-refractivity contribution in [3.63, 3.8) is 0 Å². The van der Waals surface area contributed by atoms with E-state index in [9.17, 15) is 9.59 Å². The zero-order chi connectivity index (χ0) is 13.4. The van der Waals surface area contributed by atoms with Gasteiger partial charge in [0.25, 0.3) is 17.0 Å². The van der Waals surface area contributed by atoms with E-state index >= 15 is 0 Å². The molecule has 7 heteroatoms. The van der Waals surface area contributed by atoms with Gasteiger partial charge in [-0.25, -0.2) is 0 Å². The van der Waals surface area contributed by atoms with Crippen molar-refractivity contribution in [2.45, 2.75) is 0 Å². The molecule has 1 aromatic rings. The average Bonchev–Trinajstić information content (AvgIpc) is 2.67. The summed E-state index contributed by atoms with van der Waals surface area (Å²) in [5.41, 5.74) is 1.26. The standard InChI is InChI=1S/C12H8N2O4S/c15-10-5-17-8-2-1-6(3-7(8)13-10)4-9-11(16)14-12(19)18-9/h1-4H,5H2,(H,13,15)(H,14,16,19). The van der Waals surface area contributed by atoms with Crippen LogP contribution in [0.25, 0.3) is 6.08 Å². The topological polar surface area (TPSA) is 76.7 Å². The first-order valence-corrected chi connectivity index (χ1v) is 5.84. The molecule has 2 heterocycles. The maximum absolute atomic E-state index is 11.4. The predicted octanol–water partition coefficient (Wildman–Crippen LogP) is 0.790. The third kappa shape index (κ3) is 2.27. The molecule has 0 radical (unpaired) electrons. The van der Waals surface area contributed by atoms with Gasteiger partial charge in [0.2, 0.25) is 0 Å². The summed E-state index contributed by atoms with van der Waals surface area (Å²) in [5.74, 6) is 0.110. The Morgan fingerprint density at radius 2 is 2.11 bits per heavy atom. The second-order valence-corrected chi connectivity index (χ2v) is 4.32. The third-order valence-electron chi connectivity index (χ3n) is 2.58. The molecule has 19 heavy (non-hydrogen) atoms. The highest BCUT2D eigenvalue weighted by Crippen LogP contribution is 2.29. The quantitative estimate of drug-likeness (QED) is 0.586. The zero-order valence-corrected chi connectivity index (χ0v) is 10.4. The molecule has 1 aromatic carbocycles. The summed E-state index contributed by atoms with van der Waals surface area (Å²) < 4.78 is 10.3. The monoisotopic (exact) mass is 276 g/mol. The van der Waals surface area contributed by atoms with Gasteiger partial charge in [-0.15, -0.1) is 0 Å². The lowest BCUT2D eigenvalue weighted by molar-refractivity contribution is -0.118. The number of amides is 2. The number of rotatable bonds is 1. The molecule has 2 amide bonds. The molecule has 1 saturated heterocycles. The maximum atomic E-state index is 11.4. The number of carbonyl (C=O) groups is 2. The van der Waals surface area contributed by atoms with Gasteiger partial charge in [-0.05, 0) is 36.0 Å². The highest BCUT2D eigenvalue weighted by atomic mass is 32.1. The molecule has 1 fully saturated rings. The summed E-state index contributed by atoms with van der Waals surface area (Å²) in [4.78, 5) is 22.7. The number of hydrogen-bond donors (Lipinski definition) is 2. The number of hydrogen-bond acceptors (Lipinski definition) is 5. The van der Waals surface area contributed by atoms with E-state index in [1.165, 1.54) is 6.08 Å². The van der Waals surface area contributed by atoms with Crippen LogP contribution in [0.5, 0.6) is 5.75 Å². The number of benzene rings is 1. The second kappa shape index (κ2) is 4.36. The molecule has 0 aliphatic carbocycles. The van der Waals surface area contributed by atoms with E-state index in [0.29, 0.717) is 17.0 Å². The van der Waals surface area contributed by atoms with Gasteiger partial charge in [-0.3, -0.25) is 14.9 Å². The molecule has 3 rings (SSSR count). The number of ether oxygens (including phenoxy) is 2. The fourth-order valence-corrected chi connectivity index (χ4v) is 1.95. The van der Waals surface area contributed by atoms with E-state index < -0.39 is 0 Å². The molecule has 0 bridgehead atoms. The lowest BCUT2D eigenvalue weighted by Gasteiger charge is -2.17.